The molecular weight excluding hydrogens is 268 g/mol. The maximum atomic E-state index is 10.5. The van der Waals surface area contributed by atoms with Crippen molar-refractivity contribution in [2.45, 2.75) is 5.22 Å². The van der Waals surface area contributed by atoms with Crippen LogP contribution in [0, 0.1) is 0 Å². The highest BCUT2D eigenvalue weighted by molar-refractivity contribution is 7.99. The molecule has 0 atom stereocenters. The van der Waals surface area contributed by atoms with Gasteiger partial charge in [0, 0.05) is 5.39 Å². The van der Waals surface area contributed by atoms with Crippen molar-refractivity contribution in [3.05, 3.63) is 30.5 Å². The van der Waals surface area contributed by atoms with Gasteiger partial charge in [-0.05, 0) is 6.07 Å². The van der Waals surface area contributed by atoms with Gasteiger partial charge in [-0.2, -0.15) is 4.98 Å². The van der Waals surface area contributed by atoms with Crippen LogP contribution >= 0.6 is 11.8 Å². The number of benzene rings is 1. The normalized spacial score (nSPS) is 10.9. The van der Waals surface area contributed by atoms with E-state index in [1.807, 2.05) is 24.3 Å². The molecular formula is C12H8N2O4S. The number of para-hydroxylation sites is 1. The number of furan rings is 1. The summed E-state index contributed by atoms with van der Waals surface area (Å²) in [7, 11) is 0. The number of rotatable bonds is 4. The molecule has 0 bridgehead atoms. The van der Waals surface area contributed by atoms with E-state index in [9.17, 15) is 4.79 Å². The highest BCUT2D eigenvalue weighted by Crippen LogP contribution is 2.29. The zero-order valence-electron chi connectivity index (χ0n) is 9.57. The van der Waals surface area contributed by atoms with Gasteiger partial charge in [-0.25, -0.2) is 0 Å². The Hall–Kier alpha value is -2.28. The lowest BCUT2D eigenvalue weighted by Gasteiger charge is -1.89. The Bertz CT molecular complexity index is 734. The van der Waals surface area contributed by atoms with Crippen LogP contribution in [0.5, 0.6) is 0 Å². The molecule has 7 heteroatoms. The number of thioether (sulfide) groups is 1. The van der Waals surface area contributed by atoms with Gasteiger partial charge in [0.25, 0.3) is 5.22 Å². The molecule has 19 heavy (non-hydrogen) atoms. The highest BCUT2D eigenvalue weighted by Gasteiger charge is 2.15. The van der Waals surface area contributed by atoms with Gasteiger partial charge in [0.1, 0.15) is 17.6 Å². The predicted molar refractivity (Wildman–Crippen MR) is 67.9 cm³/mol. The van der Waals surface area contributed by atoms with E-state index in [1.54, 1.807) is 6.26 Å². The van der Waals surface area contributed by atoms with Crippen molar-refractivity contribution in [3.8, 4) is 11.4 Å². The van der Waals surface area contributed by atoms with Crippen LogP contribution in [0.15, 0.2) is 44.7 Å². The molecule has 1 N–H and O–H groups in total. The smallest absolute Gasteiger partial charge is 0.314 e. The second-order valence-electron chi connectivity index (χ2n) is 3.71. The van der Waals surface area contributed by atoms with E-state index in [0.717, 1.165) is 28.3 Å². The molecule has 0 aliphatic heterocycles. The van der Waals surface area contributed by atoms with Crippen LogP contribution < -0.4 is 0 Å². The Balaban J connectivity index is 1.92. The van der Waals surface area contributed by atoms with Gasteiger partial charge < -0.3 is 14.0 Å². The zero-order valence-corrected chi connectivity index (χ0v) is 10.4. The van der Waals surface area contributed by atoms with Crippen molar-refractivity contribution in [3.63, 3.8) is 0 Å². The maximum absolute atomic E-state index is 10.5. The van der Waals surface area contributed by atoms with Crippen molar-refractivity contribution < 1.29 is 18.8 Å². The topological polar surface area (TPSA) is 89.4 Å². The second kappa shape index (κ2) is 4.77. The van der Waals surface area contributed by atoms with E-state index < -0.39 is 5.97 Å². The summed E-state index contributed by atoms with van der Waals surface area (Å²) in [4.78, 5) is 14.6. The number of carboxylic acids is 1. The fraction of sp³-hybridized carbons (Fsp3) is 0.0833. The second-order valence-corrected chi connectivity index (χ2v) is 4.64. The number of carboxylic acid groups (broad SMARTS) is 1. The minimum Gasteiger partial charge on any atom is -0.481 e. The number of fused-ring (bicyclic) bond motifs is 1. The molecule has 3 aromatic rings. The Morgan fingerprint density at radius 2 is 2.21 bits per heavy atom. The molecule has 0 saturated carbocycles. The molecule has 3 rings (SSSR count). The van der Waals surface area contributed by atoms with Crippen molar-refractivity contribution in [2.24, 2.45) is 0 Å². The Morgan fingerprint density at radius 1 is 1.37 bits per heavy atom. The third kappa shape index (κ3) is 2.32. The zero-order chi connectivity index (χ0) is 13.2. The first-order valence-corrected chi connectivity index (χ1v) is 6.37. The first kappa shape index (κ1) is 11.8. The van der Waals surface area contributed by atoms with E-state index in [2.05, 4.69) is 10.1 Å². The van der Waals surface area contributed by atoms with Gasteiger partial charge in [0.05, 0.1) is 5.56 Å². The van der Waals surface area contributed by atoms with Crippen molar-refractivity contribution >= 4 is 28.7 Å². The Labute approximate surface area is 111 Å². The van der Waals surface area contributed by atoms with Crippen molar-refractivity contribution in [2.75, 3.05) is 5.75 Å². The first-order valence-electron chi connectivity index (χ1n) is 5.39. The number of aliphatic carboxylic acids is 1. The van der Waals surface area contributed by atoms with Gasteiger partial charge in [-0.15, -0.1) is 0 Å². The lowest BCUT2D eigenvalue weighted by molar-refractivity contribution is -0.133. The van der Waals surface area contributed by atoms with E-state index in [4.69, 9.17) is 14.0 Å². The third-order valence-corrected chi connectivity index (χ3v) is 3.25. The number of carbonyl (C=O) groups is 1. The molecule has 0 fully saturated rings. The van der Waals surface area contributed by atoms with E-state index in [1.165, 1.54) is 0 Å². The minimum absolute atomic E-state index is 0.117. The monoisotopic (exact) mass is 276 g/mol. The summed E-state index contributed by atoms with van der Waals surface area (Å²) in [6.07, 6.45) is 1.56. The molecule has 0 aliphatic carbocycles. The van der Waals surface area contributed by atoms with Crippen LogP contribution in [0.1, 0.15) is 0 Å². The van der Waals surface area contributed by atoms with Gasteiger partial charge in [0.2, 0.25) is 5.82 Å². The maximum Gasteiger partial charge on any atom is 0.314 e. The highest BCUT2D eigenvalue weighted by atomic mass is 32.2. The van der Waals surface area contributed by atoms with Crippen molar-refractivity contribution in [1.82, 2.24) is 10.1 Å². The predicted octanol–water partition coefficient (Wildman–Crippen LogP) is 2.66. The third-order valence-electron chi connectivity index (χ3n) is 2.45. The summed E-state index contributed by atoms with van der Waals surface area (Å²) in [5.41, 5.74) is 1.46. The molecule has 0 spiro atoms. The number of nitrogens with zero attached hydrogens (tertiary/aromatic N) is 2. The SMILES string of the molecule is O=C(O)CSc1nc(-c2coc3ccccc23)no1. The van der Waals surface area contributed by atoms with Crippen LogP contribution in [-0.2, 0) is 4.79 Å². The van der Waals surface area contributed by atoms with E-state index in [0.29, 0.717) is 5.82 Å². The Kier molecular flexibility index (Phi) is 2.96. The summed E-state index contributed by atoms with van der Waals surface area (Å²) in [6, 6.07) is 7.51. The van der Waals surface area contributed by atoms with Crippen LogP contribution in [-0.4, -0.2) is 27.0 Å². The molecule has 0 aliphatic rings. The molecule has 0 amide bonds. The molecule has 0 radical (unpaired) electrons. The molecule has 96 valence electrons. The standard InChI is InChI=1S/C12H8N2O4S/c15-10(16)6-19-12-13-11(14-18-12)8-5-17-9-4-2-1-3-7(8)9/h1-5H,6H2,(H,15,16). The molecule has 0 saturated heterocycles. The molecule has 2 aromatic heterocycles. The van der Waals surface area contributed by atoms with Gasteiger partial charge in [-0.1, -0.05) is 35.1 Å². The van der Waals surface area contributed by atoms with Crippen LogP contribution in [0.25, 0.3) is 22.4 Å². The summed E-state index contributed by atoms with van der Waals surface area (Å²) in [5, 5.41) is 13.5. The number of hydrogen-bond donors (Lipinski definition) is 1. The van der Waals surface area contributed by atoms with Gasteiger partial charge in [-0.3, -0.25) is 4.79 Å². The molecule has 6 nitrogen and oxygen atoms in total. The Morgan fingerprint density at radius 3 is 3.05 bits per heavy atom. The molecule has 0 unspecified atom stereocenters. The van der Waals surface area contributed by atoms with E-state index in [-0.39, 0.29) is 11.0 Å². The fourth-order valence-corrected chi connectivity index (χ4v) is 2.14. The number of aromatic nitrogens is 2. The van der Waals surface area contributed by atoms with Gasteiger partial charge >= 0.3 is 5.97 Å². The minimum atomic E-state index is -0.932. The summed E-state index contributed by atoms with van der Waals surface area (Å²) < 4.78 is 10.4. The summed E-state index contributed by atoms with van der Waals surface area (Å²) >= 11 is 0.982. The van der Waals surface area contributed by atoms with Crippen LogP contribution in [0.3, 0.4) is 0 Å². The fourth-order valence-electron chi connectivity index (χ4n) is 1.65. The average molecular weight is 276 g/mol. The number of hydrogen-bond acceptors (Lipinski definition) is 6. The van der Waals surface area contributed by atoms with Crippen LogP contribution in [0.4, 0.5) is 0 Å². The largest absolute Gasteiger partial charge is 0.481 e. The first-order chi connectivity index (χ1) is 9.24. The molecule has 1 aromatic carbocycles. The quantitative estimate of drug-likeness (QED) is 0.732. The van der Waals surface area contributed by atoms with Crippen molar-refractivity contribution in [1.29, 1.82) is 0 Å². The molecule has 2 heterocycles. The average Bonchev–Trinajstić information content (AvgIpc) is 3.02. The van der Waals surface area contributed by atoms with Crippen LogP contribution in [0.2, 0.25) is 0 Å². The van der Waals surface area contributed by atoms with E-state index >= 15 is 0 Å². The summed E-state index contributed by atoms with van der Waals surface area (Å²) in [6.45, 7) is 0. The van der Waals surface area contributed by atoms with Gasteiger partial charge in [0.15, 0.2) is 0 Å². The lowest BCUT2D eigenvalue weighted by atomic mass is 10.2. The lowest BCUT2D eigenvalue weighted by Crippen LogP contribution is -1.97. The summed E-state index contributed by atoms with van der Waals surface area (Å²) in [5.74, 6) is -0.662.